The number of methoxy groups -OCH3 is 6. The summed E-state index contributed by atoms with van der Waals surface area (Å²) in [6, 6.07) is 14.0. The van der Waals surface area contributed by atoms with Crippen LogP contribution in [-0.2, 0) is 24.3 Å². The molecule has 0 amide bonds. The number of aliphatic hydroxyl groups excluding tert-OH is 1. The lowest BCUT2D eigenvalue weighted by Gasteiger charge is -2.13. The lowest BCUT2D eigenvalue weighted by molar-refractivity contribution is 0.0590. The normalized spacial score (nSPS) is 11.1. The van der Waals surface area contributed by atoms with Crippen LogP contribution in [0.15, 0.2) is 57.7 Å². The fourth-order valence-electron chi connectivity index (χ4n) is 5.53. The number of hydrogen-bond donors (Lipinski definition) is 1. The van der Waals surface area contributed by atoms with Gasteiger partial charge >= 0.3 is 11.6 Å². The van der Waals surface area contributed by atoms with E-state index < -0.39 is 11.6 Å². The highest BCUT2D eigenvalue weighted by molar-refractivity contribution is 6.18. The van der Waals surface area contributed by atoms with Crippen molar-refractivity contribution < 1.29 is 42.7 Å². The predicted molar refractivity (Wildman–Crippen MR) is 164 cm³/mol. The zero-order valence-corrected chi connectivity index (χ0v) is 25.3. The van der Waals surface area contributed by atoms with Crippen molar-refractivity contribution in [2.24, 2.45) is 0 Å². The summed E-state index contributed by atoms with van der Waals surface area (Å²) in [6.45, 7) is -0.0978. The number of carbonyl (C=O) groups is 1. The maximum Gasteiger partial charge on any atom is 0.361 e. The SMILES string of the molecule is COC(=O)c1c(-c2ccc(OC)c(CO)c2)c2c3cc(OC)c(OC)cc3oc(=O)c2n1CCc1ccc(OC)c(OC)c1. The Labute approximate surface area is 253 Å². The van der Waals surface area contributed by atoms with Crippen molar-refractivity contribution in [3.05, 3.63) is 75.8 Å². The molecule has 0 fully saturated rings. The predicted octanol–water partition coefficient (Wildman–Crippen LogP) is 4.98. The van der Waals surface area contributed by atoms with Gasteiger partial charge in [0.15, 0.2) is 23.0 Å². The molecule has 0 radical (unpaired) electrons. The lowest BCUT2D eigenvalue weighted by atomic mass is 9.97. The summed E-state index contributed by atoms with van der Waals surface area (Å²) in [5, 5.41) is 11.1. The second-order valence-corrected chi connectivity index (χ2v) is 9.81. The Kier molecular flexibility index (Phi) is 8.68. The molecule has 0 saturated carbocycles. The maximum absolute atomic E-state index is 13.8. The standard InChI is InChI=1S/C33H33NO10/c1-38-22-10-8-19(14-20(22)17-35)28-29-21-15-26(41-4)27(42-5)16-24(21)44-33(37)31(29)34(30(28)32(36)43-6)12-11-18-7-9-23(39-2)25(13-18)40-3/h7-10,13-16,35H,11-12,17H2,1-6H3. The molecule has 5 rings (SSSR count). The van der Waals surface area contributed by atoms with Gasteiger partial charge in [-0.1, -0.05) is 12.1 Å². The quantitative estimate of drug-likeness (QED) is 0.163. The molecule has 0 bridgehead atoms. The monoisotopic (exact) mass is 603 g/mol. The minimum atomic E-state index is -0.655. The third-order valence-electron chi connectivity index (χ3n) is 7.60. The number of aromatic nitrogens is 1. The number of aryl methyl sites for hydroxylation is 2. The van der Waals surface area contributed by atoms with Gasteiger partial charge in [-0.25, -0.2) is 9.59 Å². The van der Waals surface area contributed by atoms with Gasteiger partial charge in [0.25, 0.3) is 0 Å². The third kappa shape index (κ3) is 5.15. The molecule has 2 heterocycles. The Hall–Kier alpha value is -5.16. The molecule has 1 N–H and O–H groups in total. The number of fused-ring (bicyclic) bond motifs is 3. The minimum absolute atomic E-state index is 0.145. The van der Waals surface area contributed by atoms with Crippen molar-refractivity contribution in [1.82, 2.24) is 4.57 Å². The number of hydrogen-bond acceptors (Lipinski definition) is 10. The molecule has 0 aliphatic heterocycles. The molecular formula is C33H33NO10. The number of benzene rings is 3. The first-order valence-corrected chi connectivity index (χ1v) is 13.7. The van der Waals surface area contributed by atoms with E-state index in [-0.39, 0.29) is 29.9 Å². The summed E-state index contributed by atoms with van der Waals surface area (Å²) in [5.41, 5.74) is 2.27. The first-order chi connectivity index (χ1) is 21.3. The Balaban J connectivity index is 1.87. The maximum atomic E-state index is 13.8. The number of nitrogens with zero attached hydrogens (tertiary/aromatic N) is 1. The van der Waals surface area contributed by atoms with E-state index in [4.69, 9.17) is 32.8 Å². The number of carbonyl (C=O) groups excluding carboxylic acids is 1. The Morgan fingerprint density at radius 2 is 1.43 bits per heavy atom. The van der Waals surface area contributed by atoms with Crippen LogP contribution < -0.4 is 29.3 Å². The molecule has 0 aliphatic rings. The largest absolute Gasteiger partial charge is 0.496 e. The topological polar surface area (TPSA) is 128 Å². The summed E-state index contributed by atoms with van der Waals surface area (Å²) >= 11 is 0. The van der Waals surface area contributed by atoms with Gasteiger partial charge < -0.3 is 42.5 Å². The second-order valence-electron chi connectivity index (χ2n) is 9.81. The van der Waals surface area contributed by atoms with Gasteiger partial charge in [0, 0.05) is 34.5 Å². The van der Waals surface area contributed by atoms with Crippen molar-refractivity contribution in [1.29, 1.82) is 0 Å². The molecular weight excluding hydrogens is 570 g/mol. The molecule has 0 unspecified atom stereocenters. The van der Waals surface area contributed by atoms with Crippen molar-refractivity contribution in [2.75, 3.05) is 42.7 Å². The molecule has 0 atom stereocenters. The van der Waals surface area contributed by atoms with Crippen molar-refractivity contribution in [3.63, 3.8) is 0 Å². The first-order valence-electron chi connectivity index (χ1n) is 13.7. The van der Waals surface area contributed by atoms with E-state index in [1.165, 1.54) is 28.4 Å². The lowest BCUT2D eigenvalue weighted by Crippen LogP contribution is -2.16. The molecule has 44 heavy (non-hydrogen) atoms. The van der Waals surface area contributed by atoms with Gasteiger partial charge in [0.2, 0.25) is 0 Å². The zero-order valence-electron chi connectivity index (χ0n) is 25.3. The van der Waals surface area contributed by atoms with Crippen LogP contribution >= 0.6 is 0 Å². The third-order valence-corrected chi connectivity index (χ3v) is 7.60. The fourth-order valence-corrected chi connectivity index (χ4v) is 5.53. The van der Waals surface area contributed by atoms with Crippen LogP contribution in [0.1, 0.15) is 21.6 Å². The summed E-state index contributed by atoms with van der Waals surface area (Å²) in [4.78, 5) is 27.4. The van der Waals surface area contributed by atoms with Crippen LogP contribution in [0.2, 0.25) is 0 Å². The Morgan fingerprint density at radius 3 is 2.07 bits per heavy atom. The number of esters is 1. The van der Waals surface area contributed by atoms with Gasteiger partial charge in [-0.3, -0.25) is 0 Å². The van der Waals surface area contributed by atoms with E-state index >= 15 is 0 Å². The van der Waals surface area contributed by atoms with E-state index in [9.17, 15) is 14.7 Å². The number of ether oxygens (including phenoxy) is 6. The molecule has 0 saturated heterocycles. The fraction of sp³-hybridized carbons (Fsp3) is 0.273. The first kappa shape index (κ1) is 30.3. The van der Waals surface area contributed by atoms with Crippen molar-refractivity contribution >= 4 is 27.8 Å². The summed E-state index contributed by atoms with van der Waals surface area (Å²) in [5.74, 6) is 1.73. The molecule has 230 valence electrons. The van der Waals surface area contributed by atoms with Gasteiger partial charge in [0.05, 0.1) is 49.3 Å². The van der Waals surface area contributed by atoms with Crippen molar-refractivity contribution in [3.8, 4) is 39.9 Å². The molecule has 3 aromatic carbocycles. The van der Waals surface area contributed by atoms with Crippen LogP contribution in [0.25, 0.3) is 33.0 Å². The van der Waals surface area contributed by atoms with Crippen LogP contribution in [0.3, 0.4) is 0 Å². The molecule has 5 aromatic rings. The smallest absolute Gasteiger partial charge is 0.361 e. The van der Waals surface area contributed by atoms with Crippen LogP contribution in [0, 0.1) is 0 Å². The van der Waals surface area contributed by atoms with Crippen LogP contribution in [0.4, 0.5) is 0 Å². The van der Waals surface area contributed by atoms with E-state index in [2.05, 4.69) is 0 Å². The second kappa shape index (κ2) is 12.6. The van der Waals surface area contributed by atoms with E-state index in [1.54, 1.807) is 55.2 Å². The minimum Gasteiger partial charge on any atom is -0.496 e. The van der Waals surface area contributed by atoms with Crippen LogP contribution in [0.5, 0.6) is 28.7 Å². The average molecular weight is 604 g/mol. The van der Waals surface area contributed by atoms with Gasteiger partial charge in [-0.05, 0) is 47.9 Å². The number of aliphatic hydroxyl groups is 1. The molecule has 2 aromatic heterocycles. The van der Waals surface area contributed by atoms with E-state index in [1.807, 2.05) is 12.1 Å². The van der Waals surface area contributed by atoms with Crippen LogP contribution in [-0.4, -0.2) is 58.3 Å². The van der Waals surface area contributed by atoms with Gasteiger partial charge in [0.1, 0.15) is 22.5 Å². The molecule has 11 heteroatoms. The van der Waals surface area contributed by atoms with E-state index in [0.29, 0.717) is 62.6 Å². The van der Waals surface area contributed by atoms with Crippen molar-refractivity contribution in [2.45, 2.75) is 19.6 Å². The number of rotatable bonds is 11. The summed E-state index contributed by atoms with van der Waals surface area (Å²) in [7, 11) is 8.89. The molecule has 0 spiro atoms. The molecule has 0 aliphatic carbocycles. The molecule has 11 nitrogen and oxygen atoms in total. The average Bonchev–Trinajstić information content (AvgIpc) is 3.41. The Bertz CT molecular complexity index is 1920. The highest BCUT2D eigenvalue weighted by Crippen LogP contribution is 2.43. The van der Waals surface area contributed by atoms with Gasteiger partial charge in [-0.15, -0.1) is 0 Å². The zero-order chi connectivity index (χ0) is 31.5. The summed E-state index contributed by atoms with van der Waals surface area (Å²) in [6.07, 6.45) is 0.418. The highest BCUT2D eigenvalue weighted by Gasteiger charge is 2.30. The Morgan fingerprint density at radius 1 is 0.795 bits per heavy atom. The summed E-state index contributed by atoms with van der Waals surface area (Å²) < 4.78 is 40.0. The van der Waals surface area contributed by atoms with Gasteiger partial charge in [-0.2, -0.15) is 0 Å². The van der Waals surface area contributed by atoms with E-state index in [0.717, 1.165) is 5.56 Å². The highest BCUT2D eigenvalue weighted by atomic mass is 16.5.